The molecule has 0 heterocycles. The predicted octanol–water partition coefficient (Wildman–Crippen LogP) is 5.25. The summed E-state index contributed by atoms with van der Waals surface area (Å²) in [6.07, 6.45) is 11.1. The van der Waals surface area contributed by atoms with Gasteiger partial charge in [0.15, 0.2) is 0 Å². The first-order valence-electron chi connectivity index (χ1n) is 7.58. The molecule has 1 aromatic carbocycles. The summed E-state index contributed by atoms with van der Waals surface area (Å²) < 4.78 is 0. The smallest absolute Gasteiger partial charge is 0.118 e. The Morgan fingerprint density at radius 2 is 1.56 bits per heavy atom. The highest BCUT2D eigenvalue weighted by Gasteiger charge is 2.02. The van der Waals surface area contributed by atoms with Crippen LogP contribution in [0.3, 0.4) is 0 Å². The lowest BCUT2D eigenvalue weighted by Gasteiger charge is -2.07. The fourth-order valence-corrected chi connectivity index (χ4v) is 2.29. The average Bonchev–Trinajstić information content (AvgIpc) is 2.39. The number of benzene rings is 1. The Kier molecular flexibility index (Phi) is 7.55. The Morgan fingerprint density at radius 1 is 0.833 bits per heavy atom. The van der Waals surface area contributed by atoms with Crippen LogP contribution < -0.4 is 0 Å². The largest absolute Gasteiger partial charge is 0.508 e. The van der Waals surface area contributed by atoms with E-state index in [-0.39, 0.29) is 0 Å². The van der Waals surface area contributed by atoms with E-state index in [1.807, 2.05) is 6.07 Å². The second kappa shape index (κ2) is 9.02. The molecule has 18 heavy (non-hydrogen) atoms. The zero-order valence-electron chi connectivity index (χ0n) is 12.0. The topological polar surface area (TPSA) is 20.2 Å². The molecule has 0 radical (unpaired) electrons. The number of phenols is 1. The van der Waals surface area contributed by atoms with Crippen LogP contribution in [0.4, 0.5) is 0 Å². The van der Waals surface area contributed by atoms with Gasteiger partial charge in [-0.25, -0.2) is 0 Å². The Labute approximate surface area is 112 Å². The van der Waals surface area contributed by atoms with Gasteiger partial charge in [-0.05, 0) is 42.9 Å². The van der Waals surface area contributed by atoms with Crippen LogP contribution in [0, 0.1) is 0 Å². The summed E-state index contributed by atoms with van der Waals surface area (Å²) in [5.74, 6) is 0.471. The first kappa shape index (κ1) is 15.1. The standard InChI is InChI=1S/C17H28O/c1-3-5-7-8-9-10-15-12-13-17(18)16(14-15)11-6-4-2/h12-14,18H,3-11H2,1-2H3. The molecule has 0 aliphatic carbocycles. The molecule has 0 fully saturated rings. The summed E-state index contributed by atoms with van der Waals surface area (Å²) in [6, 6.07) is 6.14. The minimum absolute atomic E-state index is 0.471. The Bertz CT molecular complexity index is 330. The molecular weight excluding hydrogens is 220 g/mol. The van der Waals surface area contributed by atoms with Crippen LogP contribution >= 0.6 is 0 Å². The van der Waals surface area contributed by atoms with E-state index in [0.29, 0.717) is 5.75 Å². The van der Waals surface area contributed by atoms with E-state index >= 15 is 0 Å². The third kappa shape index (κ3) is 5.57. The molecule has 1 rings (SSSR count). The molecule has 0 saturated heterocycles. The first-order chi connectivity index (χ1) is 8.77. The van der Waals surface area contributed by atoms with E-state index in [0.717, 1.165) is 24.8 Å². The van der Waals surface area contributed by atoms with Gasteiger partial charge in [0.1, 0.15) is 5.75 Å². The molecule has 0 unspecified atom stereocenters. The van der Waals surface area contributed by atoms with Crippen LogP contribution in [0.25, 0.3) is 0 Å². The molecule has 0 atom stereocenters. The third-order valence-electron chi connectivity index (χ3n) is 3.51. The van der Waals surface area contributed by atoms with Crippen molar-refractivity contribution >= 4 is 0 Å². The average molecular weight is 248 g/mol. The fraction of sp³-hybridized carbons (Fsp3) is 0.647. The second-order valence-corrected chi connectivity index (χ2v) is 5.23. The fourth-order valence-electron chi connectivity index (χ4n) is 2.29. The minimum atomic E-state index is 0.471. The number of hydrogen-bond donors (Lipinski definition) is 1. The maximum Gasteiger partial charge on any atom is 0.118 e. The zero-order chi connectivity index (χ0) is 13.2. The highest BCUT2D eigenvalue weighted by molar-refractivity contribution is 5.36. The number of unbranched alkanes of at least 4 members (excludes halogenated alkanes) is 5. The van der Waals surface area contributed by atoms with Crippen molar-refractivity contribution in [2.45, 2.75) is 71.6 Å². The molecule has 0 saturated carbocycles. The van der Waals surface area contributed by atoms with E-state index in [9.17, 15) is 5.11 Å². The molecule has 0 bridgehead atoms. The lowest BCUT2D eigenvalue weighted by Crippen LogP contribution is -1.91. The van der Waals surface area contributed by atoms with Gasteiger partial charge in [0.25, 0.3) is 0 Å². The van der Waals surface area contributed by atoms with Crippen LogP contribution in [-0.4, -0.2) is 5.11 Å². The Hall–Kier alpha value is -0.980. The Morgan fingerprint density at radius 3 is 2.28 bits per heavy atom. The summed E-state index contributed by atoms with van der Waals surface area (Å²) in [6.45, 7) is 4.44. The van der Waals surface area contributed by atoms with Crippen molar-refractivity contribution in [1.29, 1.82) is 0 Å². The highest BCUT2D eigenvalue weighted by Crippen LogP contribution is 2.21. The van der Waals surface area contributed by atoms with Gasteiger partial charge in [-0.15, -0.1) is 0 Å². The van der Waals surface area contributed by atoms with E-state index in [2.05, 4.69) is 26.0 Å². The van der Waals surface area contributed by atoms with Crippen molar-refractivity contribution < 1.29 is 5.11 Å². The van der Waals surface area contributed by atoms with E-state index in [1.54, 1.807) is 0 Å². The number of rotatable bonds is 9. The zero-order valence-corrected chi connectivity index (χ0v) is 12.0. The third-order valence-corrected chi connectivity index (χ3v) is 3.51. The molecule has 1 nitrogen and oxygen atoms in total. The molecular formula is C17H28O. The molecule has 0 aliphatic rings. The van der Waals surface area contributed by atoms with Crippen LogP contribution in [0.5, 0.6) is 5.75 Å². The second-order valence-electron chi connectivity index (χ2n) is 5.23. The Balaban J connectivity index is 2.40. The summed E-state index contributed by atoms with van der Waals surface area (Å²) >= 11 is 0. The summed E-state index contributed by atoms with van der Waals surface area (Å²) in [5.41, 5.74) is 2.51. The summed E-state index contributed by atoms with van der Waals surface area (Å²) in [5, 5.41) is 9.80. The molecule has 0 aliphatic heterocycles. The van der Waals surface area contributed by atoms with Crippen LogP contribution in [0.1, 0.15) is 69.9 Å². The molecule has 1 heteroatoms. The number of aromatic hydroxyl groups is 1. The molecule has 0 spiro atoms. The van der Waals surface area contributed by atoms with Gasteiger partial charge in [-0.3, -0.25) is 0 Å². The first-order valence-corrected chi connectivity index (χ1v) is 7.58. The SMILES string of the molecule is CCCCCCCc1ccc(O)c(CCCC)c1. The monoisotopic (exact) mass is 248 g/mol. The lowest BCUT2D eigenvalue weighted by molar-refractivity contribution is 0.466. The van der Waals surface area contributed by atoms with Crippen LogP contribution in [0.15, 0.2) is 18.2 Å². The van der Waals surface area contributed by atoms with E-state index in [4.69, 9.17) is 0 Å². The van der Waals surface area contributed by atoms with Crippen molar-refractivity contribution in [2.75, 3.05) is 0 Å². The van der Waals surface area contributed by atoms with Crippen molar-refractivity contribution in [3.8, 4) is 5.75 Å². The van der Waals surface area contributed by atoms with Gasteiger partial charge in [-0.1, -0.05) is 58.1 Å². The summed E-state index contributed by atoms with van der Waals surface area (Å²) in [4.78, 5) is 0. The maximum absolute atomic E-state index is 9.80. The van der Waals surface area contributed by atoms with E-state index in [1.165, 1.54) is 44.1 Å². The number of hydrogen-bond acceptors (Lipinski definition) is 1. The van der Waals surface area contributed by atoms with Crippen molar-refractivity contribution in [3.63, 3.8) is 0 Å². The van der Waals surface area contributed by atoms with Crippen LogP contribution in [-0.2, 0) is 12.8 Å². The molecule has 1 N–H and O–H groups in total. The quantitative estimate of drug-likeness (QED) is 0.592. The van der Waals surface area contributed by atoms with Gasteiger partial charge in [0, 0.05) is 0 Å². The minimum Gasteiger partial charge on any atom is -0.508 e. The van der Waals surface area contributed by atoms with Crippen molar-refractivity contribution in [1.82, 2.24) is 0 Å². The molecule has 0 amide bonds. The summed E-state index contributed by atoms with van der Waals surface area (Å²) in [7, 11) is 0. The highest BCUT2D eigenvalue weighted by atomic mass is 16.3. The van der Waals surface area contributed by atoms with E-state index < -0.39 is 0 Å². The normalized spacial score (nSPS) is 10.8. The number of phenolic OH excluding ortho intramolecular Hbond substituents is 1. The predicted molar refractivity (Wildman–Crippen MR) is 79.2 cm³/mol. The van der Waals surface area contributed by atoms with Crippen molar-refractivity contribution in [2.24, 2.45) is 0 Å². The van der Waals surface area contributed by atoms with Gasteiger partial charge in [-0.2, -0.15) is 0 Å². The van der Waals surface area contributed by atoms with Gasteiger partial charge < -0.3 is 5.11 Å². The van der Waals surface area contributed by atoms with Gasteiger partial charge >= 0.3 is 0 Å². The lowest BCUT2D eigenvalue weighted by atomic mass is 10.0. The van der Waals surface area contributed by atoms with Crippen LogP contribution in [0.2, 0.25) is 0 Å². The maximum atomic E-state index is 9.80. The van der Waals surface area contributed by atoms with Gasteiger partial charge in [0.2, 0.25) is 0 Å². The molecule has 1 aromatic rings. The van der Waals surface area contributed by atoms with Crippen molar-refractivity contribution in [3.05, 3.63) is 29.3 Å². The number of aryl methyl sites for hydroxylation is 2. The molecule has 102 valence electrons. The molecule has 0 aromatic heterocycles. The van der Waals surface area contributed by atoms with Gasteiger partial charge in [0.05, 0.1) is 0 Å².